The lowest BCUT2D eigenvalue weighted by Crippen LogP contribution is -2.34. The maximum Gasteiger partial charge on any atom is 0.279 e. The maximum atomic E-state index is 13.2. The number of hydrogen-bond donors (Lipinski definition) is 1. The number of thiophene rings is 1. The van der Waals surface area contributed by atoms with Gasteiger partial charge in [-0.05, 0) is 56.7 Å². The molecule has 7 nitrogen and oxygen atoms in total. The number of nitrogens with zero attached hydrogens (tertiary/aromatic N) is 3. The fraction of sp³-hybridized carbons (Fsp3) is 0.429. The molecule has 0 spiro atoms. The number of hydrogen-bond acceptors (Lipinski definition) is 6. The van der Waals surface area contributed by atoms with Crippen LogP contribution < -0.4 is 15.6 Å². The highest BCUT2D eigenvalue weighted by molar-refractivity contribution is 7.18. The quantitative estimate of drug-likeness (QED) is 0.692. The smallest absolute Gasteiger partial charge is 0.279 e. The van der Waals surface area contributed by atoms with Crippen LogP contribution in [-0.2, 0) is 17.6 Å². The van der Waals surface area contributed by atoms with Crippen LogP contribution in [0.15, 0.2) is 29.1 Å². The number of anilines is 1. The number of aryl methyl sites for hydroxylation is 1. The Morgan fingerprint density at radius 3 is 3.00 bits per heavy atom. The lowest BCUT2D eigenvalue weighted by Gasteiger charge is -2.18. The first-order valence-corrected chi connectivity index (χ1v) is 10.7. The van der Waals surface area contributed by atoms with Gasteiger partial charge >= 0.3 is 0 Å². The summed E-state index contributed by atoms with van der Waals surface area (Å²) in [7, 11) is 0. The molecular weight excluding hydrogens is 388 g/mol. The van der Waals surface area contributed by atoms with E-state index in [1.165, 1.54) is 9.56 Å². The SMILES string of the molecule is CCOc1ccccc1NC(=O)[C@H](C)n1nnc2sc3c(c2c1=O)CC[C@H](C)C3. The summed E-state index contributed by atoms with van der Waals surface area (Å²) in [6.07, 6.45) is 2.91. The van der Waals surface area contributed by atoms with Crippen LogP contribution >= 0.6 is 11.3 Å². The summed E-state index contributed by atoms with van der Waals surface area (Å²) < 4.78 is 6.74. The van der Waals surface area contributed by atoms with Crippen LogP contribution in [0.25, 0.3) is 10.2 Å². The Morgan fingerprint density at radius 2 is 2.21 bits per heavy atom. The molecule has 1 N–H and O–H groups in total. The van der Waals surface area contributed by atoms with Gasteiger partial charge < -0.3 is 10.1 Å². The van der Waals surface area contributed by atoms with Crippen LogP contribution in [0, 0.1) is 5.92 Å². The molecule has 2 aromatic heterocycles. The van der Waals surface area contributed by atoms with Gasteiger partial charge in [-0.15, -0.1) is 16.4 Å². The molecule has 2 heterocycles. The first-order valence-electron chi connectivity index (χ1n) is 9.92. The Bertz CT molecular complexity index is 1120. The topological polar surface area (TPSA) is 86.1 Å². The number of carbonyl (C=O) groups excluding carboxylic acids is 1. The van der Waals surface area contributed by atoms with Crippen LogP contribution in [0.4, 0.5) is 5.69 Å². The number of ether oxygens (including phenoxy) is 1. The zero-order valence-electron chi connectivity index (χ0n) is 16.8. The van der Waals surface area contributed by atoms with E-state index >= 15 is 0 Å². The van der Waals surface area contributed by atoms with Gasteiger partial charge in [0.1, 0.15) is 11.8 Å². The van der Waals surface area contributed by atoms with Gasteiger partial charge in [0.15, 0.2) is 4.83 Å². The van der Waals surface area contributed by atoms with Gasteiger partial charge in [0.2, 0.25) is 5.91 Å². The molecule has 0 aliphatic heterocycles. The van der Waals surface area contributed by atoms with Gasteiger partial charge in [0.05, 0.1) is 17.7 Å². The fourth-order valence-corrected chi connectivity index (χ4v) is 5.04. The largest absolute Gasteiger partial charge is 0.492 e. The van der Waals surface area contributed by atoms with Gasteiger partial charge in [-0.3, -0.25) is 9.59 Å². The first-order chi connectivity index (χ1) is 14.0. The minimum absolute atomic E-state index is 0.247. The predicted octanol–water partition coefficient (Wildman–Crippen LogP) is 3.58. The van der Waals surface area contributed by atoms with E-state index in [1.54, 1.807) is 30.4 Å². The van der Waals surface area contributed by atoms with E-state index < -0.39 is 6.04 Å². The van der Waals surface area contributed by atoms with Gasteiger partial charge in [0.25, 0.3) is 5.56 Å². The van der Waals surface area contributed by atoms with Crippen molar-refractivity contribution in [1.29, 1.82) is 0 Å². The Labute approximate surface area is 172 Å². The number of nitrogens with one attached hydrogen (secondary N) is 1. The third-order valence-corrected chi connectivity index (χ3v) is 6.48. The number of benzene rings is 1. The molecular formula is C21H24N4O3S. The molecule has 3 aromatic rings. The number of fused-ring (bicyclic) bond motifs is 3. The summed E-state index contributed by atoms with van der Waals surface area (Å²) in [5.41, 5.74) is 1.41. The number of aromatic nitrogens is 3. The average molecular weight is 413 g/mol. The molecule has 8 heteroatoms. The minimum atomic E-state index is -0.799. The Hall–Kier alpha value is -2.74. The molecule has 0 fully saturated rings. The van der Waals surface area contributed by atoms with Crippen molar-refractivity contribution in [2.75, 3.05) is 11.9 Å². The van der Waals surface area contributed by atoms with Crippen molar-refractivity contribution >= 4 is 33.1 Å². The summed E-state index contributed by atoms with van der Waals surface area (Å²) in [5, 5.41) is 11.8. The first kappa shape index (κ1) is 19.6. The molecule has 1 aliphatic rings. The van der Waals surface area contributed by atoms with Crippen molar-refractivity contribution in [3.63, 3.8) is 0 Å². The van der Waals surface area contributed by atoms with Crippen molar-refractivity contribution in [3.05, 3.63) is 45.1 Å². The van der Waals surface area contributed by atoms with Crippen molar-refractivity contribution in [2.45, 2.75) is 46.1 Å². The van der Waals surface area contributed by atoms with E-state index in [9.17, 15) is 9.59 Å². The van der Waals surface area contributed by atoms with E-state index in [0.717, 1.165) is 24.8 Å². The predicted molar refractivity (Wildman–Crippen MR) is 114 cm³/mol. The van der Waals surface area contributed by atoms with Gasteiger partial charge in [0, 0.05) is 4.88 Å². The van der Waals surface area contributed by atoms with E-state index in [2.05, 4.69) is 22.6 Å². The van der Waals surface area contributed by atoms with E-state index in [4.69, 9.17) is 4.74 Å². The zero-order valence-corrected chi connectivity index (χ0v) is 17.6. The monoisotopic (exact) mass is 412 g/mol. The van der Waals surface area contributed by atoms with Gasteiger partial charge in [-0.2, -0.15) is 4.68 Å². The molecule has 0 bridgehead atoms. The van der Waals surface area contributed by atoms with Crippen LogP contribution in [-0.4, -0.2) is 27.5 Å². The van der Waals surface area contributed by atoms with Crippen molar-refractivity contribution in [1.82, 2.24) is 15.0 Å². The van der Waals surface area contributed by atoms with Gasteiger partial charge in [-0.25, -0.2) is 0 Å². The molecule has 1 amide bonds. The molecule has 0 unspecified atom stereocenters. The summed E-state index contributed by atoms with van der Waals surface area (Å²) in [6.45, 7) is 6.25. The Kier molecular flexibility index (Phi) is 5.36. The Morgan fingerprint density at radius 1 is 1.41 bits per heavy atom. The third kappa shape index (κ3) is 3.64. The molecule has 1 aromatic carbocycles. The van der Waals surface area contributed by atoms with E-state index in [1.807, 2.05) is 19.1 Å². The summed E-state index contributed by atoms with van der Waals surface area (Å²) in [5.74, 6) is 0.858. The minimum Gasteiger partial charge on any atom is -0.492 e. The molecule has 2 atom stereocenters. The normalized spacial score (nSPS) is 17.0. The van der Waals surface area contributed by atoms with Crippen LogP contribution in [0.5, 0.6) is 5.75 Å². The molecule has 0 saturated carbocycles. The summed E-state index contributed by atoms with van der Waals surface area (Å²) in [6, 6.07) is 6.42. The van der Waals surface area contributed by atoms with Crippen LogP contribution in [0.3, 0.4) is 0 Å². The zero-order chi connectivity index (χ0) is 20.5. The third-order valence-electron chi connectivity index (χ3n) is 5.34. The second-order valence-corrected chi connectivity index (χ2v) is 8.55. The molecule has 4 rings (SSSR count). The average Bonchev–Trinajstić information content (AvgIpc) is 3.07. The standard InChI is InChI=1S/C21H24N4O3S/c1-4-28-16-8-6-5-7-15(16)22-19(26)13(3)25-21(27)18-14-10-9-12(2)11-17(14)29-20(18)23-24-25/h5-8,12-13H,4,9-11H2,1-3H3,(H,22,26)/t12-,13-/m0/s1. The summed E-state index contributed by atoms with van der Waals surface area (Å²) >= 11 is 1.55. The second-order valence-electron chi connectivity index (χ2n) is 7.47. The maximum absolute atomic E-state index is 13.2. The van der Waals surface area contributed by atoms with Crippen LogP contribution in [0.1, 0.15) is 43.7 Å². The highest BCUT2D eigenvalue weighted by Gasteiger charge is 2.26. The molecule has 1 aliphatic carbocycles. The second kappa shape index (κ2) is 7.94. The lowest BCUT2D eigenvalue weighted by atomic mass is 9.89. The highest BCUT2D eigenvalue weighted by Crippen LogP contribution is 2.35. The van der Waals surface area contributed by atoms with Crippen LogP contribution in [0.2, 0.25) is 0 Å². The molecule has 0 saturated heterocycles. The molecule has 0 radical (unpaired) electrons. The Balaban J connectivity index is 1.65. The van der Waals surface area contributed by atoms with Crippen molar-refractivity contribution < 1.29 is 9.53 Å². The van der Waals surface area contributed by atoms with Gasteiger partial charge in [-0.1, -0.05) is 24.3 Å². The molecule has 152 valence electrons. The van der Waals surface area contributed by atoms with E-state index in [-0.39, 0.29) is 11.5 Å². The van der Waals surface area contributed by atoms with Crippen molar-refractivity contribution in [3.8, 4) is 5.75 Å². The fourth-order valence-electron chi connectivity index (χ4n) is 3.72. The van der Waals surface area contributed by atoms with Crippen molar-refractivity contribution in [2.24, 2.45) is 5.92 Å². The highest BCUT2D eigenvalue weighted by atomic mass is 32.1. The summed E-state index contributed by atoms with van der Waals surface area (Å²) in [4.78, 5) is 27.9. The van der Waals surface area contributed by atoms with E-state index in [0.29, 0.717) is 34.2 Å². The lowest BCUT2D eigenvalue weighted by molar-refractivity contribution is -0.119. The molecule has 29 heavy (non-hydrogen) atoms. The number of carbonyl (C=O) groups is 1. The number of rotatable bonds is 5. The number of para-hydroxylation sites is 2. The number of amides is 1.